The van der Waals surface area contributed by atoms with Crippen LogP contribution in [0.25, 0.3) is 5.76 Å². The molecule has 1 N–H and O–H groups in total. The molecule has 7 nitrogen and oxygen atoms in total. The van der Waals surface area contributed by atoms with Gasteiger partial charge in [0, 0.05) is 24.5 Å². The van der Waals surface area contributed by atoms with Gasteiger partial charge in [-0.25, -0.2) is 4.39 Å². The number of hydrogen-bond acceptors (Lipinski definition) is 6. The first-order valence-corrected chi connectivity index (χ1v) is 12.2. The van der Waals surface area contributed by atoms with Crippen molar-refractivity contribution in [3.05, 3.63) is 131 Å². The molecule has 3 aromatic carbocycles. The van der Waals surface area contributed by atoms with Gasteiger partial charge in [0.15, 0.2) is 11.6 Å². The first kappa shape index (κ1) is 25.7. The number of rotatable bonds is 8. The van der Waals surface area contributed by atoms with E-state index in [0.717, 1.165) is 11.6 Å². The zero-order valence-corrected chi connectivity index (χ0v) is 21.1. The molecule has 0 bridgehead atoms. The van der Waals surface area contributed by atoms with Crippen LogP contribution < -0.4 is 9.47 Å². The Labute approximate surface area is 224 Å². The molecular formula is C31H25FN2O5. The number of carbonyl (C=O) groups is 2. The van der Waals surface area contributed by atoms with Gasteiger partial charge in [-0.1, -0.05) is 48.5 Å². The number of ether oxygens (including phenoxy) is 2. The summed E-state index contributed by atoms with van der Waals surface area (Å²) in [5.74, 6) is -2.22. The second kappa shape index (κ2) is 11.2. The molecule has 0 spiro atoms. The van der Waals surface area contributed by atoms with Crippen LogP contribution in [0.3, 0.4) is 0 Å². The Hall–Kier alpha value is -4.98. The molecule has 1 fully saturated rings. The Morgan fingerprint density at radius 3 is 2.38 bits per heavy atom. The molecule has 1 aromatic heterocycles. The molecule has 1 saturated heterocycles. The largest absolute Gasteiger partial charge is 0.507 e. The third kappa shape index (κ3) is 5.36. The van der Waals surface area contributed by atoms with Crippen LogP contribution in [0.4, 0.5) is 4.39 Å². The minimum absolute atomic E-state index is 0.00813. The van der Waals surface area contributed by atoms with Crippen molar-refractivity contribution in [3.63, 3.8) is 0 Å². The number of methoxy groups -OCH3 is 1. The van der Waals surface area contributed by atoms with Gasteiger partial charge in [0.25, 0.3) is 11.7 Å². The lowest BCUT2D eigenvalue weighted by atomic mass is 9.95. The van der Waals surface area contributed by atoms with Crippen LogP contribution in [0.2, 0.25) is 0 Å². The van der Waals surface area contributed by atoms with Gasteiger partial charge < -0.3 is 19.5 Å². The normalized spacial score (nSPS) is 16.4. The van der Waals surface area contributed by atoms with E-state index in [1.807, 2.05) is 30.3 Å². The molecule has 0 radical (unpaired) electrons. The molecule has 2 heterocycles. The number of carbonyl (C=O) groups excluding carboxylic acids is 2. The summed E-state index contributed by atoms with van der Waals surface area (Å²) in [6.45, 7) is 0.464. The average Bonchev–Trinajstić information content (AvgIpc) is 3.22. The van der Waals surface area contributed by atoms with Gasteiger partial charge in [-0.2, -0.15) is 0 Å². The summed E-state index contributed by atoms with van der Waals surface area (Å²) in [4.78, 5) is 32.0. The van der Waals surface area contributed by atoms with E-state index in [0.29, 0.717) is 23.5 Å². The highest BCUT2D eigenvalue weighted by Crippen LogP contribution is 2.41. The van der Waals surface area contributed by atoms with E-state index in [9.17, 15) is 19.1 Å². The first-order valence-electron chi connectivity index (χ1n) is 12.2. The van der Waals surface area contributed by atoms with Gasteiger partial charge in [-0.3, -0.25) is 14.6 Å². The van der Waals surface area contributed by atoms with Crippen LogP contribution in [-0.2, 0) is 22.7 Å². The SMILES string of the molecule is COc1ccc(C(O)=C2C(=O)C(=O)N(Cc3cccnc3)[C@@H]2c2ccc(OCc3ccccc3)cc2)cc1F. The standard InChI is InChI=1S/C31H25FN2O5/c1-38-26-14-11-23(16-25(26)32)29(35)27-28(34(31(37)30(27)36)18-21-8-5-15-33-17-21)22-9-12-24(13-10-22)39-19-20-6-3-2-4-7-20/h2-17,28,35H,18-19H2,1H3/t28-/m1/s1. The fourth-order valence-corrected chi connectivity index (χ4v) is 4.53. The Bertz CT molecular complexity index is 1520. The van der Waals surface area contributed by atoms with E-state index in [2.05, 4.69) is 4.98 Å². The number of pyridine rings is 1. The second-order valence-electron chi connectivity index (χ2n) is 8.98. The van der Waals surface area contributed by atoms with Crippen molar-refractivity contribution < 1.29 is 28.6 Å². The smallest absolute Gasteiger partial charge is 0.295 e. The fourth-order valence-electron chi connectivity index (χ4n) is 4.53. The van der Waals surface area contributed by atoms with Crippen molar-refractivity contribution in [2.45, 2.75) is 19.2 Å². The predicted octanol–water partition coefficient (Wildman–Crippen LogP) is 5.43. The van der Waals surface area contributed by atoms with Crippen LogP contribution >= 0.6 is 0 Å². The maximum Gasteiger partial charge on any atom is 0.295 e. The number of Topliss-reactive ketones (excluding diaryl/α,β-unsaturated/α-hetero) is 1. The summed E-state index contributed by atoms with van der Waals surface area (Å²) in [7, 11) is 1.33. The highest BCUT2D eigenvalue weighted by Gasteiger charge is 2.46. The molecule has 1 aliphatic rings. The van der Waals surface area contributed by atoms with Crippen LogP contribution in [0.1, 0.15) is 28.3 Å². The summed E-state index contributed by atoms with van der Waals surface area (Å²) in [6.07, 6.45) is 3.22. The molecule has 5 rings (SSSR count). The van der Waals surface area contributed by atoms with Gasteiger partial charge in [-0.15, -0.1) is 0 Å². The van der Waals surface area contributed by atoms with Gasteiger partial charge in [0.05, 0.1) is 18.7 Å². The summed E-state index contributed by atoms with van der Waals surface area (Å²) in [5.41, 5.74) is 2.23. The summed E-state index contributed by atoms with van der Waals surface area (Å²) >= 11 is 0. The Balaban J connectivity index is 1.53. The van der Waals surface area contributed by atoms with Crippen LogP contribution in [0.15, 0.2) is 103 Å². The van der Waals surface area contributed by atoms with E-state index in [4.69, 9.17) is 9.47 Å². The molecule has 1 amide bonds. The zero-order chi connectivity index (χ0) is 27.4. The topological polar surface area (TPSA) is 89.0 Å². The van der Waals surface area contributed by atoms with Gasteiger partial charge in [-0.05, 0) is 53.1 Å². The molecule has 8 heteroatoms. The van der Waals surface area contributed by atoms with Gasteiger partial charge >= 0.3 is 0 Å². The van der Waals surface area contributed by atoms with Gasteiger partial charge in [0.1, 0.15) is 18.1 Å². The van der Waals surface area contributed by atoms with Crippen molar-refractivity contribution in [1.82, 2.24) is 9.88 Å². The summed E-state index contributed by atoms with van der Waals surface area (Å²) < 4.78 is 25.3. The minimum Gasteiger partial charge on any atom is -0.507 e. The molecule has 0 aliphatic carbocycles. The van der Waals surface area contributed by atoms with E-state index >= 15 is 0 Å². The number of halogens is 1. The maximum atomic E-state index is 14.5. The third-order valence-electron chi connectivity index (χ3n) is 6.49. The molecule has 0 unspecified atom stereocenters. The number of likely N-dealkylation sites (tertiary alicyclic amines) is 1. The Morgan fingerprint density at radius 1 is 0.974 bits per heavy atom. The van der Waals surface area contributed by atoms with Crippen molar-refractivity contribution in [1.29, 1.82) is 0 Å². The minimum atomic E-state index is -0.918. The molecule has 0 saturated carbocycles. The lowest BCUT2D eigenvalue weighted by Crippen LogP contribution is -2.29. The quantitative estimate of drug-likeness (QED) is 0.188. The predicted molar refractivity (Wildman–Crippen MR) is 142 cm³/mol. The molecule has 39 heavy (non-hydrogen) atoms. The number of aliphatic hydroxyl groups excluding tert-OH is 1. The molecule has 1 aliphatic heterocycles. The number of benzene rings is 3. The third-order valence-corrected chi connectivity index (χ3v) is 6.49. The lowest BCUT2D eigenvalue weighted by molar-refractivity contribution is -0.140. The van der Waals surface area contributed by atoms with Crippen molar-refractivity contribution >= 4 is 17.4 Å². The van der Waals surface area contributed by atoms with Gasteiger partial charge in [0.2, 0.25) is 0 Å². The molecule has 196 valence electrons. The number of ketones is 1. The van der Waals surface area contributed by atoms with Crippen LogP contribution in [0.5, 0.6) is 11.5 Å². The van der Waals surface area contributed by atoms with E-state index in [1.165, 1.54) is 24.1 Å². The van der Waals surface area contributed by atoms with Crippen molar-refractivity contribution in [3.8, 4) is 11.5 Å². The molecule has 4 aromatic rings. The van der Waals surface area contributed by atoms with E-state index < -0.39 is 29.3 Å². The lowest BCUT2D eigenvalue weighted by Gasteiger charge is -2.25. The van der Waals surface area contributed by atoms with E-state index in [1.54, 1.807) is 48.8 Å². The highest BCUT2D eigenvalue weighted by atomic mass is 19.1. The summed E-state index contributed by atoms with van der Waals surface area (Å²) in [5, 5.41) is 11.2. The first-order chi connectivity index (χ1) is 19.0. The number of aromatic nitrogens is 1. The van der Waals surface area contributed by atoms with Crippen molar-refractivity contribution in [2.75, 3.05) is 7.11 Å². The monoisotopic (exact) mass is 524 g/mol. The van der Waals surface area contributed by atoms with Crippen molar-refractivity contribution in [2.24, 2.45) is 0 Å². The Kier molecular flexibility index (Phi) is 7.36. The fraction of sp³-hybridized carbons (Fsp3) is 0.129. The number of hydrogen-bond donors (Lipinski definition) is 1. The van der Waals surface area contributed by atoms with Crippen LogP contribution in [-0.4, -0.2) is 33.8 Å². The second-order valence-corrected chi connectivity index (χ2v) is 8.98. The number of nitrogens with zero attached hydrogens (tertiary/aromatic N) is 2. The molecular weight excluding hydrogens is 499 g/mol. The summed E-state index contributed by atoms with van der Waals surface area (Å²) in [6, 6.07) is 23.2. The average molecular weight is 525 g/mol. The highest BCUT2D eigenvalue weighted by molar-refractivity contribution is 6.46. The van der Waals surface area contributed by atoms with Crippen LogP contribution in [0, 0.1) is 5.82 Å². The van der Waals surface area contributed by atoms with E-state index in [-0.39, 0.29) is 23.4 Å². The molecule has 1 atom stereocenters. The number of amides is 1. The maximum absolute atomic E-state index is 14.5. The number of aliphatic hydroxyl groups is 1. The Morgan fingerprint density at radius 2 is 1.72 bits per heavy atom. The zero-order valence-electron chi connectivity index (χ0n) is 21.1.